The minimum Gasteiger partial charge on any atom is -0.382 e. The van der Waals surface area contributed by atoms with Crippen molar-refractivity contribution in [1.82, 2.24) is 14.8 Å². The molecule has 0 aliphatic carbocycles. The van der Waals surface area contributed by atoms with Gasteiger partial charge in [-0.2, -0.15) is 18.3 Å². The molecular weight excluding hydrogens is 269 g/mol. The first-order valence-corrected chi connectivity index (χ1v) is 5.85. The van der Waals surface area contributed by atoms with Crippen molar-refractivity contribution in [2.24, 2.45) is 7.05 Å². The van der Waals surface area contributed by atoms with E-state index in [1.807, 2.05) is 0 Å². The molecule has 2 aromatic heterocycles. The standard InChI is InChI=1S/C13H11F3N4/c1-20-10(5-11(17)19-20)8-6-18-12-7(8)3-2-4-9(12)13(14,15)16/h2-6,18H,1H3,(H2,17,19). The Labute approximate surface area is 112 Å². The molecule has 1 aromatic carbocycles. The van der Waals surface area contributed by atoms with Crippen LogP contribution in [0.25, 0.3) is 22.2 Å². The van der Waals surface area contributed by atoms with Crippen LogP contribution in [-0.4, -0.2) is 14.8 Å². The average molecular weight is 280 g/mol. The van der Waals surface area contributed by atoms with Crippen LogP contribution in [0, 0.1) is 0 Å². The van der Waals surface area contributed by atoms with Crippen molar-refractivity contribution >= 4 is 16.7 Å². The van der Waals surface area contributed by atoms with E-state index in [0.29, 0.717) is 22.5 Å². The van der Waals surface area contributed by atoms with Gasteiger partial charge in [0.05, 0.1) is 16.8 Å². The Hall–Kier alpha value is -2.44. The predicted molar refractivity (Wildman–Crippen MR) is 69.9 cm³/mol. The molecule has 0 saturated carbocycles. The number of aromatic amines is 1. The number of nitrogen functional groups attached to an aromatic ring is 1. The van der Waals surface area contributed by atoms with Gasteiger partial charge in [0.15, 0.2) is 0 Å². The quantitative estimate of drug-likeness (QED) is 0.719. The maximum atomic E-state index is 13.0. The molecule has 4 nitrogen and oxygen atoms in total. The maximum absolute atomic E-state index is 13.0. The number of para-hydroxylation sites is 1. The molecule has 0 amide bonds. The molecule has 0 aliphatic heterocycles. The van der Waals surface area contributed by atoms with E-state index in [1.54, 1.807) is 19.2 Å². The van der Waals surface area contributed by atoms with Crippen LogP contribution in [-0.2, 0) is 13.2 Å². The first kappa shape index (κ1) is 12.6. The number of fused-ring (bicyclic) bond motifs is 1. The van der Waals surface area contributed by atoms with E-state index < -0.39 is 11.7 Å². The highest BCUT2D eigenvalue weighted by Crippen LogP contribution is 2.37. The topological polar surface area (TPSA) is 59.6 Å². The summed E-state index contributed by atoms with van der Waals surface area (Å²) >= 11 is 0. The summed E-state index contributed by atoms with van der Waals surface area (Å²) < 4.78 is 40.4. The van der Waals surface area contributed by atoms with Gasteiger partial charge >= 0.3 is 6.18 Å². The smallest absolute Gasteiger partial charge is 0.382 e. The first-order chi connectivity index (χ1) is 9.38. The number of nitrogens with two attached hydrogens (primary N) is 1. The molecule has 104 valence electrons. The molecule has 0 unspecified atom stereocenters. The number of alkyl halides is 3. The summed E-state index contributed by atoms with van der Waals surface area (Å²) in [6.07, 6.45) is -2.86. The van der Waals surface area contributed by atoms with E-state index in [1.165, 1.54) is 16.9 Å². The number of halogens is 3. The number of nitrogens with one attached hydrogen (secondary N) is 1. The maximum Gasteiger partial charge on any atom is 0.418 e. The van der Waals surface area contributed by atoms with Crippen LogP contribution in [0.4, 0.5) is 19.0 Å². The number of nitrogens with zero attached hydrogens (tertiary/aromatic N) is 2. The molecule has 7 heteroatoms. The SMILES string of the molecule is Cn1nc(N)cc1-c1c[nH]c2c(C(F)(F)F)cccc12. The summed E-state index contributed by atoms with van der Waals surface area (Å²) in [7, 11) is 1.69. The Balaban J connectivity index is 2.28. The molecule has 0 atom stereocenters. The third-order valence-corrected chi connectivity index (χ3v) is 3.20. The van der Waals surface area contributed by atoms with E-state index in [4.69, 9.17) is 5.73 Å². The molecule has 3 aromatic rings. The van der Waals surface area contributed by atoms with Crippen LogP contribution < -0.4 is 5.73 Å². The second kappa shape index (κ2) is 4.03. The molecule has 0 fully saturated rings. The fourth-order valence-electron chi connectivity index (χ4n) is 2.34. The minimum atomic E-state index is -4.40. The Morgan fingerprint density at radius 2 is 2.05 bits per heavy atom. The van der Waals surface area contributed by atoms with Crippen LogP contribution in [0.2, 0.25) is 0 Å². The number of anilines is 1. The number of benzene rings is 1. The van der Waals surface area contributed by atoms with Crippen LogP contribution in [0.15, 0.2) is 30.5 Å². The van der Waals surface area contributed by atoms with Crippen molar-refractivity contribution in [2.75, 3.05) is 5.73 Å². The summed E-state index contributed by atoms with van der Waals surface area (Å²) in [5.74, 6) is 0.323. The number of rotatable bonds is 1. The van der Waals surface area contributed by atoms with Gasteiger partial charge in [-0.1, -0.05) is 12.1 Å². The lowest BCUT2D eigenvalue weighted by atomic mass is 10.1. The number of aryl methyl sites for hydroxylation is 1. The molecule has 20 heavy (non-hydrogen) atoms. The number of H-pyrrole nitrogens is 1. The zero-order chi connectivity index (χ0) is 14.5. The van der Waals surface area contributed by atoms with Gasteiger partial charge in [0.25, 0.3) is 0 Å². The molecule has 0 saturated heterocycles. The molecule has 0 radical (unpaired) electrons. The van der Waals surface area contributed by atoms with Gasteiger partial charge in [-0.3, -0.25) is 4.68 Å². The summed E-state index contributed by atoms with van der Waals surface area (Å²) in [4.78, 5) is 2.70. The molecule has 0 spiro atoms. The largest absolute Gasteiger partial charge is 0.418 e. The minimum absolute atomic E-state index is 0.0646. The lowest BCUT2D eigenvalue weighted by Gasteiger charge is -2.07. The highest BCUT2D eigenvalue weighted by atomic mass is 19.4. The third kappa shape index (κ3) is 1.82. The zero-order valence-electron chi connectivity index (χ0n) is 10.5. The van der Waals surface area contributed by atoms with Crippen molar-refractivity contribution in [1.29, 1.82) is 0 Å². The summed E-state index contributed by atoms with van der Waals surface area (Å²) in [5.41, 5.74) is 6.28. The van der Waals surface area contributed by atoms with E-state index in [2.05, 4.69) is 10.1 Å². The van der Waals surface area contributed by atoms with Crippen LogP contribution in [0.3, 0.4) is 0 Å². The lowest BCUT2D eigenvalue weighted by Crippen LogP contribution is -2.05. The Bertz CT molecular complexity index is 783. The summed E-state index contributed by atoms with van der Waals surface area (Å²) in [5, 5.41) is 4.49. The monoisotopic (exact) mass is 280 g/mol. The highest BCUT2D eigenvalue weighted by Gasteiger charge is 2.33. The van der Waals surface area contributed by atoms with Gasteiger partial charge in [0.2, 0.25) is 0 Å². The van der Waals surface area contributed by atoms with Gasteiger partial charge < -0.3 is 10.7 Å². The van der Waals surface area contributed by atoms with E-state index in [-0.39, 0.29) is 5.52 Å². The molecule has 0 aliphatic rings. The number of hydrogen-bond donors (Lipinski definition) is 2. The third-order valence-electron chi connectivity index (χ3n) is 3.20. The lowest BCUT2D eigenvalue weighted by molar-refractivity contribution is -0.136. The molecule has 3 N–H and O–H groups in total. The zero-order valence-corrected chi connectivity index (χ0v) is 10.5. The summed E-state index contributed by atoms with van der Waals surface area (Å²) in [6.45, 7) is 0. The van der Waals surface area contributed by atoms with E-state index in [9.17, 15) is 13.2 Å². The predicted octanol–water partition coefficient (Wildman–Crippen LogP) is 3.17. The van der Waals surface area contributed by atoms with Crippen molar-refractivity contribution in [2.45, 2.75) is 6.18 Å². The molecule has 2 heterocycles. The van der Waals surface area contributed by atoms with E-state index >= 15 is 0 Å². The van der Waals surface area contributed by atoms with Crippen LogP contribution in [0.5, 0.6) is 0 Å². The average Bonchev–Trinajstić information content (AvgIpc) is 2.90. The van der Waals surface area contributed by atoms with Gasteiger partial charge in [0.1, 0.15) is 5.82 Å². The van der Waals surface area contributed by atoms with Crippen molar-refractivity contribution in [3.8, 4) is 11.3 Å². The van der Waals surface area contributed by atoms with Crippen molar-refractivity contribution in [3.05, 3.63) is 36.0 Å². The second-order valence-electron chi connectivity index (χ2n) is 4.51. The van der Waals surface area contributed by atoms with Gasteiger partial charge in [-0.15, -0.1) is 0 Å². The van der Waals surface area contributed by atoms with Gasteiger partial charge in [0, 0.05) is 30.3 Å². The van der Waals surface area contributed by atoms with Gasteiger partial charge in [-0.05, 0) is 6.07 Å². The summed E-state index contributed by atoms with van der Waals surface area (Å²) in [6, 6.07) is 5.71. The van der Waals surface area contributed by atoms with Gasteiger partial charge in [-0.25, -0.2) is 0 Å². The second-order valence-corrected chi connectivity index (χ2v) is 4.51. The molecular formula is C13H11F3N4. The number of aromatic nitrogens is 3. The van der Waals surface area contributed by atoms with Crippen LogP contribution >= 0.6 is 0 Å². The Morgan fingerprint density at radius 1 is 1.30 bits per heavy atom. The Morgan fingerprint density at radius 3 is 2.65 bits per heavy atom. The van der Waals surface area contributed by atoms with E-state index in [0.717, 1.165) is 6.07 Å². The van der Waals surface area contributed by atoms with Crippen molar-refractivity contribution < 1.29 is 13.2 Å². The highest BCUT2D eigenvalue weighted by molar-refractivity contribution is 5.96. The van der Waals surface area contributed by atoms with Crippen LogP contribution in [0.1, 0.15) is 5.56 Å². The van der Waals surface area contributed by atoms with Crippen molar-refractivity contribution in [3.63, 3.8) is 0 Å². The fraction of sp³-hybridized carbons (Fsp3) is 0.154. The Kier molecular flexibility index (Phi) is 2.53. The normalized spacial score (nSPS) is 12.2. The molecule has 3 rings (SSSR count). The first-order valence-electron chi connectivity index (χ1n) is 5.85. The molecule has 0 bridgehead atoms. The fourth-order valence-corrected chi connectivity index (χ4v) is 2.34. The number of hydrogen-bond acceptors (Lipinski definition) is 2.